The summed E-state index contributed by atoms with van der Waals surface area (Å²) in [5, 5.41) is 15.5. The molecule has 1 fully saturated rings. The van der Waals surface area contributed by atoms with Crippen molar-refractivity contribution in [3.8, 4) is 0 Å². The van der Waals surface area contributed by atoms with Crippen LogP contribution in [0.25, 0.3) is 0 Å². The van der Waals surface area contributed by atoms with Gasteiger partial charge in [-0.1, -0.05) is 15.9 Å². The minimum absolute atomic E-state index is 0. The van der Waals surface area contributed by atoms with Crippen molar-refractivity contribution in [2.75, 3.05) is 25.0 Å². The lowest BCUT2D eigenvalue weighted by molar-refractivity contribution is 0.630. The van der Waals surface area contributed by atoms with E-state index in [4.69, 9.17) is 0 Å². The zero-order valence-corrected chi connectivity index (χ0v) is 19.3. The van der Waals surface area contributed by atoms with E-state index in [0.29, 0.717) is 12.6 Å². The van der Waals surface area contributed by atoms with Crippen LogP contribution in [0.5, 0.6) is 0 Å². The molecule has 0 aliphatic carbocycles. The average molecular weight is 546 g/mol. The highest BCUT2D eigenvalue weighted by Gasteiger charge is 2.24. The molecule has 1 unspecified atom stereocenters. The van der Waals surface area contributed by atoms with Gasteiger partial charge in [0.25, 0.3) is 0 Å². The summed E-state index contributed by atoms with van der Waals surface area (Å²) in [6, 6.07) is 8.88. The highest BCUT2D eigenvalue weighted by atomic mass is 127. The molecule has 1 saturated heterocycles. The summed E-state index contributed by atoms with van der Waals surface area (Å²) in [4.78, 5) is 6.77. The number of hydrogen-bond donors (Lipinski definition) is 2. The Hall–Kier alpha value is -1.36. The monoisotopic (exact) mass is 545 g/mol. The smallest absolute Gasteiger partial charge is 0.191 e. The molecule has 0 bridgehead atoms. The van der Waals surface area contributed by atoms with Crippen LogP contribution in [0.2, 0.25) is 0 Å². The quantitative estimate of drug-likeness (QED) is 0.351. The first-order valence-electron chi connectivity index (χ1n) is 9.11. The van der Waals surface area contributed by atoms with Crippen LogP contribution >= 0.6 is 39.9 Å². The highest BCUT2D eigenvalue weighted by molar-refractivity contribution is 14.0. The molecule has 0 amide bonds. The van der Waals surface area contributed by atoms with Crippen molar-refractivity contribution in [1.29, 1.82) is 0 Å². The van der Waals surface area contributed by atoms with Crippen molar-refractivity contribution in [3.63, 3.8) is 0 Å². The second kappa shape index (κ2) is 9.22. The SMILES string of the molecule is CN=C(NCc1nnc2n1CCC2)NC1CCN(c2ccc(Br)cc2)C1.I. The van der Waals surface area contributed by atoms with E-state index in [0.717, 1.165) is 54.6 Å². The Morgan fingerprint density at radius 2 is 2.07 bits per heavy atom. The van der Waals surface area contributed by atoms with Gasteiger partial charge in [0.2, 0.25) is 0 Å². The Morgan fingerprint density at radius 1 is 1.26 bits per heavy atom. The van der Waals surface area contributed by atoms with Crippen LogP contribution in [0.15, 0.2) is 33.7 Å². The third-order valence-electron chi connectivity index (χ3n) is 5.04. The normalized spacial score (nSPS) is 19.0. The molecule has 3 heterocycles. The maximum Gasteiger partial charge on any atom is 0.191 e. The topological polar surface area (TPSA) is 70.4 Å². The van der Waals surface area contributed by atoms with E-state index < -0.39 is 0 Å². The minimum Gasteiger partial charge on any atom is -0.369 e. The molecular formula is C18H25BrIN7. The van der Waals surface area contributed by atoms with Crippen LogP contribution in [-0.2, 0) is 19.5 Å². The number of nitrogens with zero attached hydrogens (tertiary/aromatic N) is 5. The summed E-state index contributed by atoms with van der Waals surface area (Å²) in [6.07, 6.45) is 3.30. The van der Waals surface area contributed by atoms with Crippen LogP contribution in [0.1, 0.15) is 24.5 Å². The van der Waals surface area contributed by atoms with Crippen molar-refractivity contribution >= 4 is 51.6 Å². The molecule has 2 aliphatic heterocycles. The minimum atomic E-state index is 0. The second-order valence-corrected chi connectivity index (χ2v) is 7.68. The van der Waals surface area contributed by atoms with Crippen molar-refractivity contribution < 1.29 is 0 Å². The Bertz CT molecular complexity index is 790. The summed E-state index contributed by atoms with van der Waals surface area (Å²) >= 11 is 3.49. The summed E-state index contributed by atoms with van der Waals surface area (Å²) in [7, 11) is 1.81. The molecule has 1 aromatic carbocycles. The Morgan fingerprint density at radius 3 is 2.85 bits per heavy atom. The largest absolute Gasteiger partial charge is 0.369 e. The van der Waals surface area contributed by atoms with Crippen LogP contribution in [0.4, 0.5) is 5.69 Å². The van der Waals surface area contributed by atoms with Gasteiger partial charge in [-0.15, -0.1) is 34.2 Å². The second-order valence-electron chi connectivity index (χ2n) is 6.77. The van der Waals surface area contributed by atoms with Gasteiger partial charge in [-0.2, -0.15) is 0 Å². The average Bonchev–Trinajstić information content (AvgIpc) is 3.37. The number of aryl methyl sites for hydroxylation is 1. The Labute approximate surface area is 185 Å². The summed E-state index contributed by atoms with van der Waals surface area (Å²) in [5.74, 6) is 2.91. The van der Waals surface area contributed by atoms with E-state index in [1.807, 2.05) is 7.05 Å². The van der Waals surface area contributed by atoms with Crippen LogP contribution in [0, 0.1) is 0 Å². The first-order chi connectivity index (χ1) is 12.7. The molecule has 4 rings (SSSR count). The number of rotatable bonds is 4. The lowest BCUT2D eigenvalue weighted by Crippen LogP contribution is -2.44. The highest BCUT2D eigenvalue weighted by Crippen LogP contribution is 2.22. The van der Waals surface area contributed by atoms with E-state index in [2.05, 4.69) is 75.5 Å². The van der Waals surface area contributed by atoms with Gasteiger partial charge in [0, 0.05) is 49.3 Å². The number of halogens is 2. The van der Waals surface area contributed by atoms with Gasteiger partial charge < -0.3 is 20.1 Å². The molecule has 0 saturated carbocycles. The van der Waals surface area contributed by atoms with Crippen molar-refractivity contribution in [3.05, 3.63) is 40.4 Å². The summed E-state index contributed by atoms with van der Waals surface area (Å²) < 4.78 is 3.32. The van der Waals surface area contributed by atoms with E-state index in [-0.39, 0.29) is 24.0 Å². The molecule has 7 nitrogen and oxygen atoms in total. The van der Waals surface area contributed by atoms with Crippen molar-refractivity contribution in [2.24, 2.45) is 4.99 Å². The van der Waals surface area contributed by atoms with E-state index >= 15 is 0 Å². The number of hydrogen-bond acceptors (Lipinski definition) is 4. The predicted molar refractivity (Wildman–Crippen MR) is 122 cm³/mol. The molecule has 2 N–H and O–H groups in total. The molecule has 146 valence electrons. The van der Waals surface area contributed by atoms with Gasteiger partial charge >= 0.3 is 0 Å². The number of fused-ring (bicyclic) bond motifs is 1. The van der Waals surface area contributed by atoms with Crippen LogP contribution < -0.4 is 15.5 Å². The van der Waals surface area contributed by atoms with E-state index in [1.54, 1.807) is 0 Å². The van der Waals surface area contributed by atoms with Crippen LogP contribution in [0.3, 0.4) is 0 Å². The Kier molecular flexibility index (Phi) is 6.96. The summed E-state index contributed by atoms with van der Waals surface area (Å²) in [5.41, 5.74) is 1.26. The zero-order valence-electron chi connectivity index (χ0n) is 15.4. The van der Waals surface area contributed by atoms with Crippen LogP contribution in [-0.4, -0.2) is 46.9 Å². The molecule has 1 atom stereocenters. The fraction of sp³-hybridized carbons (Fsp3) is 0.500. The number of aliphatic imine (C=N–C) groups is 1. The maximum atomic E-state index is 4.37. The van der Waals surface area contributed by atoms with E-state index in [1.165, 1.54) is 12.1 Å². The van der Waals surface area contributed by atoms with Gasteiger partial charge in [-0.25, -0.2) is 0 Å². The van der Waals surface area contributed by atoms with Gasteiger partial charge in [-0.3, -0.25) is 4.99 Å². The number of nitrogens with one attached hydrogen (secondary N) is 2. The molecule has 9 heteroatoms. The third kappa shape index (κ3) is 4.74. The van der Waals surface area contributed by atoms with Gasteiger partial charge in [0.1, 0.15) is 5.82 Å². The molecule has 0 radical (unpaired) electrons. The number of benzene rings is 1. The lowest BCUT2D eigenvalue weighted by atomic mass is 10.3. The first kappa shape index (κ1) is 20.4. The molecular weight excluding hydrogens is 521 g/mol. The van der Waals surface area contributed by atoms with Gasteiger partial charge in [0.15, 0.2) is 11.8 Å². The predicted octanol–water partition coefficient (Wildman–Crippen LogP) is 2.55. The molecule has 27 heavy (non-hydrogen) atoms. The molecule has 0 spiro atoms. The number of aromatic nitrogens is 3. The standard InChI is InChI=1S/C18H24BrN7.HI/c1-20-18(21-11-17-24-23-16-3-2-9-26(16)17)22-14-8-10-25(12-14)15-6-4-13(19)5-7-15;/h4-7,14H,2-3,8-12H2,1H3,(H2,20,21,22);1H. The summed E-state index contributed by atoms with van der Waals surface area (Å²) in [6.45, 7) is 3.70. The Balaban J connectivity index is 0.00000210. The maximum absolute atomic E-state index is 4.37. The fourth-order valence-corrected chi connectivity index (χ4v) is 3.92. The molecule has 2 aromatic rings. The van der Waals surface area contributed by atoms with E-state index in [9.17, 15) is 0 Å². The number of guanidine groups is 1. The van der Waals surface area contributed by atoms with Crippen molar-refractivity contribution in [2.45, 2.75) is 38.4 Å². The first-order valence-corrected chi connectivity index (χ1v) is 9.91. The van der Waals surface area contributed by atoms with Gasteiger partial charge in [-0.05, 0) is 37.1 Å². The zero-order chi connectivity index (χ0) is 17.9. The lowest BCUT2D eigenvalue weighted by Gasteiger charge is -2.20. The third-order valence-corrected chi connectivity index (χ3v) is 5.57. The van der Waals surface area contributed by atoms with Gasteiger partial charge in [0.05, 0.1) is 6.54 Å². The fourth-order valence-electron chi connectivity index (χ4n) is 3.66. The molecule has 1 aromatic heterocycles. The van der Waals surface area contributed by atoms with Crippen molar-refractivity contribution in [1.82, 2.24) is 25.4 Å². The molecule has 2 aliphatic rings. The number of anilines is 1.